The predicted octanol–water partition coefficient (Wildman–Crippen LogP) is 2.56. The molecule has 1 N–H and O–H groups in total. The summed E-state index contributed by atoms with van der Waals surface area (Å²) in [5.74, 6) is 1.98. The van der Waals surface area contributed by atoms with E-state index in [2.05, 4.69) is 34.3 Å². The summed E-state index contributed by atoms with van der Waals surface area (Å²) in [4.78, 5) is 5.59. The summed E-state index contributed by atoms with van der Waals surface area (Å²) in [5.41, 5.74) is 0. The lowest BCUT2D eigenvalue weighted by atomic mass is 10.3. The van der Waals surface area contributed by atoms with E-state index in [0.29, 0.717) is 18.4 Å². The second-order valence-corrected chi connectivity index (χ2v) is 5.99. The van der Waals surface area contributed by atoms with Gasteiger partial charge in [0.1, 0.15) is 5.01 Å². The van der Waals surface area contributed by atoms with Crippen molar-refractivity contribution < 1.29 is 4.42 Å². The maximum Gasteiger partial charge on any atom is 0.230 e. The Balaban J connectivity index is 1.56. The van der Waals surface area contributed by atoms with Crippen molar-refractivity contribution in [3.63, 3.8) is 0 Å². The Morgan fingerprint density at radius 2 is 2.33 bits per heavy atom. The van der Waals surface area contributed by atoms with Gasteiger partial charge in [0.15, 0.2) is 0 Å². The van der Waals surface area contributed by atoms with Crippen LogP contribution in [0.4, 0.5) is 0 Å². The van der Waals surface area contributed by atoms with Crippen LogP contribution in [0.2, 0.25) is 0 Å². The van der Waals surface area contributed by atoms with Gasteiger partial charge in [0, 0.05) is 17.0 Å². The highest BCUT2D eigenvalue weighted by Gasteiger charge is 2.29. The fraction of sp³-hybridized carbons (Fsp3) is 0.583. The molecule has 0 amide bonds. The summed E-state index contributed by atoms with van der Waals surface area (Å²) in [5, 5.41) is 12.6. The molecular weight excluding hydrogens is 248 g/mol. The van der Waals surface area contributed by atoms with Crippen molar-refractivity contribution in [2.45, 2.75) is 45.2 Å². The lowest BCUT2D eigenvalue weighted by Crippen LogP contribution is -2.18. The molecule has 2 aromatic rings. The van der Waals surface area contributed by atoms with Crippen LogP contribution >= 0.6 is 11.3 Å². The largest absolute Gasteiger partial charge is 0.424 e. The molecule has 6 heteroatoms. The van der Waals surface area contributed by atoms with Crippen molar-refractivity contribution in [3.8, 4) is 0 Å². The fourth-order valence-corrected chi connectivity index (χ4v) is 2.53. The third kappa shape index (κ3) is 2.59. The molecule has 0 saturated heterocycles. The van der Waals surface area contributed by atoms with Gasteiger partial charge in [0.25, 0.3) is 0 Å². The number of thiazole rings is 1. The molecule has 2 heterocycles. The minimum absolute atomic E-state index is 0.208. The van der Waals surface area contributed by atoms with Crippen LogP contribution in [0.25, 0.3) is 0 Å². The summed E-state index contributed by atoms with van der Waals surface area (Å²) >= 11 is 1.71. The third-order valence-corrected chi connectivity index (χ3v) is 4.07. The van der Waals surface area contributed by atoms with Crippen LogP contribution in [-0.2, 0) is 6.54 Å². The van der Waals surface area contributed by atoms with Crippen LogP contribution in [0.1, 0.15) is 53.4 Å². The van der Waals surface area contributed by atoms with E-state index in [4.69, 9.17) is 4.42 Å². The summed E-state index contributed by atoms with van der Waals surface area (Å²) in [6.45, 7) is 4.75. The molecule has 1 aliphatic carbocycles. The molecule has 0 aromatic carbocycles. The minimum atomic E-state index is 0.208. The first-order valence-corrected chi connectivity index (χ1v) is 7.02. The van der Waals surface area contributed by atoms with Gasteiger partial charge in [-0.05, 0) is 26.7 Å². The maximum absolute atomic E-state index is 5.60. The van der Waals surface area contributed by atoms with Crippen LogP contribution in [0.3, 0.4) is 0 Å². The Morgan fingerprint density at radius 3 is 3.00 bits per heavy atom. The molecule has 96 valence electrons. The number of rotatable bonds is 5. The number of hydrogen-bond donors (Lipinski definition) is 1. The van der Waals surface area contributed by atoms with Gasteiger partial charge in [-0.2, -0.15) is 0 Å². The topological polar surface area (TPSA) is 63.8 Å². The molecule has 2 aromatic heterocycles. The standard InChI is InChI=1S/C12H16N4OS/c1-7-5-14-12(18-7)8(2)13-6-10-15-16-11(17-10)9-3-4-9/h5,8-9,13H,3-4,6H2,1-2H3/t8-/m0/s1. The van der Waals surface area contributed by atoms with Crippen LogP contribution in [0.5, 0.6) is 0 Å². The van der Waals surface area contributed by atoms with Gasteiger partial charge in [-0.3, -0.25) is 5.32 Å². The maximum atomic E-state index is 5.60. The van der Waals surface area contributed by atoms with Gasteiger partial charge in [-0.25, -0.2) is 4.98 Å². The first-order valence-electron chi connectivity index (χ1n) is 6.20. The van der Waals surface area contributed by atoms with Crippen molar-refractivity contribution in [3.05, 3.63) is 27.9 Å². The van der Waals surface area contributed by atoms with Crippen molar-refractivity contribution in [2.24, 2.45) is 0 Å². The van der Waals surface area contributed by atoms with Crippen LogP contribution in [0, 0.1) is 6.92 Å². The van der Waals surface area contributed by atoms with E-state index in [-0.39, 0.29) is 6.04 Å². The zero-order chi connectivity index (χ0) is 12.5. The Morgan fingerprint density at radius 1 is 1.50 bits per heavy atom. The van der Waals surface area contributed by atoms with E-state index in [1.807, 2.05) is 6.20 Å². The zero-order valence-electron chi connectivity index (χ0n) is 10.5. The first kappa shape index (κ1) is 11.8. The van der Waals surface area contributed by atoms with E-state index in [0.717, 1.165) is 10.9 Å². The zero-order valence-corrected chi connectivity index (χ0v) is 11.3. The molecule has 1 saturated carbocycles. The molecule has 1 aliphatic rings. The fourth-order valence-electron chi connectivity index (χ4n) is 1.73. The number of nitrogens with one attached hydrogen (secondary N) is 1. The van der Waals surface area contributed by atoms with E-state index in [1.54, 1.807) is 11.3 Å². The molecule has 0 aliphatic heterocycles. The highest BCUT2D eigenvalue weighted by Crippen LogP contribution is 2.38. The first-order chi connectivity index (χ1) is 8.72. The Kier molecular flexibility index (Phi) is 3.13. The number of nitrogens with zero attached hydrogens (tertiary/aromatic N) is 3. The smallest absolute Gasteiger partial charge is 0.230 e. The molecule has 1 atom stereocenters. The summed E-state index contributed by atoms with van der Waals surface area (Å²) in [7, 11) is 0. The monoisotopic (exact) mass is 264 g/mol. The molecule has 18 heavy (non-hydrogen) atoms. The summed E-state index contributed by atoms with van der Waals surface area (Å²) in [6.07, 6.45) is 4.27. The minimum Gasteiger partial charge on any atom is -0.424 e. The van der Waals surface area contributed by atoms with Crippen LogP contribution < -0.4 is 5.32 Å². The molecule has 1 fully saturated rings. The Bertz CT molecular complexity index is 532. The average Bonchev–Trinajstić information content (AvgIpc) is 2.95. The van der Waals surface area contributed by atoms with Gasteiger partial charge in [-0.1, -0.05) is 0 Å². The van der Waals surface area contributed by atoms with E-state index >= 15 is 0 Å². The molecule has 0 bridgehead atoms. The lowest BCUT2D eigenvalue weighted by Gasteiger charge is -2.08. The van der Waals surface area contributed by atoms with Gasteiger partial charge < -0.3 is 4.42 Å². The Hall–Kier alpha value is -1.27. The molecular formula is C12H16N4OS. The summed E-state index contributed by atoms with van der Waals surface area (Å²) in [6, 6.07) is 0.208. The molecule has 3 rings (SSSR count). The number of hydrogen-bond acceptors (Lipinski definition) is 6. The second-order valence-electron chi connectivity index (χ2n) is 4.72. The van der Waals surface area contributed by atoms with E-state index in [1.165, 1.54) is 17.7 Å². The average molecular weight is 264 g/mol. The Labute approximate surface area is 110 Å². The second kappa shape index (κ2) is 4.78. The number of aromatic nitrogens is 3. The molecule has 0 unspecified atom stereocenters. The third-order valence-electron chi connectivity index (χ3n) is 2.98. The van der Waals surface area contributed by atoms with Crippen LogP contribution in [-0.4, -0.2) is 15.2 Å². The number of aryl methyl sites for hydroxylation is 1. The van der Waals surface area contributed by atoms with Gasteiger partial charge in [0.05, 0.1) is 12.6 Å². The highest BCUT2D eigenvalue weighted by molar-refractivity contribution is 7.11. The van der Waals surface area contributed by atoms with Gasteiger partial charge in [0.2, 0.25) is 11.8 Å². The van der Waals surface area contributed by atoms with Crippen molar-refractivity contribution in [1.82, 2.24) is 20.5 Å². The van der Waals surface area contributed by atoms with Gasteiger partial charge >= 0.3 is 0 Å². The normalized spacial score (nSPS) is 17.0. The lowest BCUT2D eigenvalue weighted by molar-refractivity contribution is 0.419. The van der Waals surface area contributed by atoms with E-state index in [9.17, 15) is 0 Å². The predicted molar refractivity (Wildman–Crippen MR) is 68.4 cm³/mol. The summed E-state index contributed by atoms with van der Waals surface area (Å²) < 4.78 is 5.60. The van der Waals surface area contributed by atoms with E-state index < -0.39 is 0 Å². The highest BCUT2D eigenvalue weighted by atomic mass is 32.1. The SMILES string of the molecule is Cc1cnc([C@H](C)NCc2nnc(C3CC3)o2)s1. The molecule has 0 spiro atoms. The van der Waals surface area contributed by atoms with Crippen molar-refractivity contribution in [2.75, 3.05) is 0 Å². The van der Waals surface area contributed by atoms with Crippen molar-refractivity contribution >= 4 is 11.3 Å². The van der Waals surface area contributed by atoms with Crippen LogP contribution in [0.15, 0.2) is 10.6 Å². The quantitative estimate of drug-likeness (QED) is 0.899. The van der Waals surface area contributed by atoms with Gasteiger partial charge in [-0.15, -0.1) is 21.5 Å². The molecule has 5 nitrogen and oxygen atoms in total. The van der Waals surface area contributed by atoms with Crippen molar-refractivity contribution in [1.29, 1.82) is 0 Å². The molecule has 0 radical (unpaired) electrons.